The van der Waals surface area contributed by atoms with Gasteiger partial charge < -0.3 is 24.0 Å². The predicted octanol–water partition coefficient (Wildman–Crippen LogP) is 4.89. The number of benzene rings is 1. The molecule has 0 radical (unpaired) electrons. The molecular weight excluding hydrogens is 466 g/mol. The van der Waals surface area contributed by atoms with Gasteiger partial charge in [0.25, 0.3) is 0 Å². The van der Waals surface area contributed by atoms with Gasteiger partial charge in [-0.2, -0.15) is 0 Å². The molecule has 37 heavy (non-hydrogen) atoms. The molecule has 0 saturated carbocycles. The van der Waals surface area contributed by atoms with Crippen molar-refractivity contribution in [1.82, 2.24) is 14.7 Å². The largest absolute Gasteiger partial charge is 0.454 e. The molecule has 4 rings (SSSR count). The van der Waals surface area contributed by atoms with Gasteiger partial charge in [-0.05, 0) is 102 Å². The van der Waals surface area contributed by atoms with E-state index in [2.05, 4.69) is 47.9 Å². The van der Waals surface area contributed by atoms with Crippen LogP contribution in [-0.4, -0.2) is 93.0 Å². The third-order valence-electron chi connectivity index (χ3n) is 8.25. The van der Waals surface area contributed by atoms with Crippen LogP contribution < -0.4 is 9.47 Å². The summed E-state index contributed by atoms with van der Waals surface area (Å²) >= 11 is 0. The van der Waals surface area contributed by atoms with E-state index in [4.69, 9.17) is 14.2 Å². The van der Waals surface area contributed by atoms with E-state index in [9.17, 15) is 4.79 Å². The van der Waals surface area contributed by atoms with E-state index in [0.717, 1.165) is 89.2 Å². The van der Waals surface area contributed by atoms with Crippen molar-refractivity contribution in [3.05, 3.63) is 23.8 Å². The zero-order chi connectivity index (χ0) is 26.0. The summed E-state index contributed by atoms with van der Waals surface area (Å²) in [5, 5.41) is 0. The van der Waals surface area contributed by atoms with Crippen LogP contribution in [0.15, 0.2) is 18.2 Å². The molecule has 3 aliphatic heterocycles. The highest BCUT2D eigenvalue weighted by atomic mass is 16.7. The number of unbranched alkanes of at least 4 members (excludes halogenated alkanes) is 2. The Bertz CT molecular complexity index is 842. The van der Waals surface area contributed by atoms with Crippen molar-refractivity contribution in [3.63, 3.8) is 0 Å². The summed E-state index contributed by atoms with van der Waals surface area (Å²) in [6, 6.07) is 6.78. The van der Waals surface area contributed by atoms with Crippen LogP contribution in [0.25, 0.3) is 0 Å². The molecule has 0 aromatic heterocycles. The lowest BCUT2D eigenvalue weighted by atomic mass is 9.93. The number of nitrogens with zero attached hydrogens (tertiary/aromatic N) is 3. The Morgan fingerprint density at radius 1 is 1.03 bits per heavy atom. The average molecular weight is 516 g/mol. The second-order valence-corrected chi connectivity index (χ2v) is 11.4. The second kappa shape index (κ2) is 14.4. The Morgan fingerprint density at radius 2 is 1.84 bits per heavy atom. The van der Waals surface area contributed by atoms with Crippen molar-refractivity contribution in [3.8, 4) is 11.5 Å². The summed E-state index contributed by atoms with van der Waals surface area (Å²) in [5.74, 6) is 2.38. The van der Waals surface area contributed by atoms with Gasteiger partial charge in [0, 0.05) is 32.3 Å². The maximum Gasteiger partial charge on any atom is 0.236 e. The van der Waals surface area contributed by atoms with Crippen LogP contribution in [0.5, 0.6) is 11.5 Å². The molecule has 7 heteroatoms. The summed E-state index contributed by atoms with van der Waals surface area (Å²) in [4.78, 5) is 20.4. The van der Waals surface area contributed by atoms with E-state index < -0.39 is 0 Å². The van der Waals surface area contributed by atoms with Crippen LogP contribution in [-0.2, 0) is 9.53 Å². The number of amides is 1. The van der Waals surface area contributed by atoms with Gasteiger partial charge >= 0.3 is 0 Å². The van der Waals surface area contributed by atoms with E-state index in [0.29, 0.717) is 37.3 Å². The van der Waals surface area contributed by atoms with E-state index in [-0.39, 0.29) is 0 Å². The first-order valence-electron chi connectivity index (χ1n) is 14.7. The summed E-state index contributed by atoms with van der Waals surface area (Å²) in [7, 11) is 4.23. The first-order chi connectivity index (χ1) is 18.0. The zero-order valence-corrected chi connectivity index (χ0v) is 23.5. The lowest BCUT2D eigenvalue weighted by Gasteiger charge is -2.30. The minimum Gasteiger partial charge on any atom is -0.454 e. The SMILES string of the molecule is CCCCN(CCCCN(C)C)C(=O)CN1C[C@H](c2ccc3c(c2)OCO3)C[C@@H]1CCC1CCCCO1. The number of hydrogen-bond acceptors (Lipinski definition) is 6. The Kier molecular flexibility index (Phi) is 10.9. The molecule has 1 unspecified atom stereocenters. The van der Waals surface area contributed by atoms with Crippen LogP contribution in [0.4, 0.5) is 0 Å². The molecule has 1 aromatic carbocycles. The number of rotatable bonds is 14. The molecule has 2 fully saturated rings. The maximum absolute atomic E-state index is 13.6. The third kappa shape index (κ3) is 8.33. The molecule has 0 aliphatic carbocycles. The smallest absolute Gasteiger partial charge is 0.236 e. The number of hydrogen-bond donors (Lipinski definition) is 0. The molecule has 3 atom stereocenters. The molecule has 1 aromatic rings. The monoisotopic (exact) mass is 515 g/mol. The van der Waals surface area contributed by atoms with Crippen molar-refractivity contribution in [1.29, 1.82) is 0 Å². The summed E-state index contributed by atoms with van der Waals surface area (Å²) in [6.07, 6.45) is 11.7. The minimum absolute atomic E-state index is 0.295. The lowest BCUT2D eigenvalue weighted by molar-refractivity contribution is -0.132. The minimum atomic E-state index is 0.295. The first-order valence-corrected chi connectivity index (χ1v) is 14.7. The number of ether oxygens (including phenoxy) is 3. The highest BCUT2D eigenvalue weighted by Crippen LogP contribution is 2.39. The summed E-state index contributed by atoms with van der Waals surface area (Å²) in [5.41, 5.74) is 1.30. The molecule has 2 saturated heterocycles. The average Bonchev–Trinajstić information content (AvgIpc) is 3.54. The number of carbonyl (C=O) groups is 1. The van der Waals surface area contributed by atoms with Crippen LogP contribution in [0.1, 0.15) is 82.6 Å². The van der Waals surface area contributed by atoms with E-state index in [1.54, 1.807) is 0 Å². The maximum atomic E-state index is 13.6. The fourth-order valence-corrected chi connectivity index (χ4v) is 6.01. The highest BCUT2D eigenvalue weighted by molar-refractivity contribution is 5.78. The molecule has 0 spiro atoms. The van der Waals surface area contributed by atoms with Crippen molar-refractivity contribution in [2.45, 2.75) is 89.2 Å². The Balaban J connectivity index is 1.40. The standard InChI is InChI=1S/C30H49N3O4/c1-4-5-16-32(17-8-7-15-31(2)3)30(34)22-33-21-25(24-11-14-28-29(20-24)37-23-36-28)19-26(33)12-13-27-10-6-9-18-35-27/h11,14,20,25-27H,4-10,12-13,15-19,21-23H2,1-3H3/t25-,26+,27?/m1/s1. The van der Waals surface area contributed by atoms with E-state index >= 15 is 0 Å². The van der Waals surface area contributed by atoms with E-state index in [1.165, 1.54) is 24.8 Å². The quantitative estimate of drug-likeness (QED) is 0.329. The van der Waals surface area contributed by atoms with Crippen molar-refractivity contribution in [2.75, 3.05) is 60.2 Å². The zero-order valence-electron chi connectivity index (χ0n) is 23.5. The van der Waals surface area contributed by atoms with Gasteiger partial charge in [0.2, 0.25) is 12.7 Å². The molecule has 1 amide bonds. The van der Waals surface area contributed by atoms with Crippen molar-refractivity contribution >= 4 is 5.91 Å². The van der Waals surface area contributed by atoms with Crippen LogP contribution in [0.3, 0.4) is 0 Å². The molecule has 208 valence electrons. The fourth-order valence-electron chi connectivity index (χ4n) is 6.01. The Morgan fingerprint density at radius 3 is 2.62 bits per heavy atom. The Hall–Kier alpha value is -1.83. The van der Waals surface area contributed by atoms with E-state index in [1.807, 2.05) is 6.07 Å². The van der Waals surface area contributed by atoms with Crippen LogP contribution in [0.2, 0.25) is 0 Å². The highest BCUT2D eigenvalue weighted by Gasteiger charge is 2.35. The van der Waals surface area contributed by atoms with Gasteiger partial charge in [-0.15, -0.1) is 0 Å². The topological polar surface area (TPSA) is 54.5 Å². The summed E-state index contributed by atoms with van der Waals surface area (Å²) < 4.78 is 17.2. The number of carbonyl (C=O) groups excluding carboxylic acids is 1. The second-order valence-electron chi connectivity index (χ2n) is 11.4. The molecule has 3 heterocycles. The molecular formula is C30H49N3O4. The van der Waals surface area contributed by atoms with Crippen molar-refractivity contribution in [2.24, 2.45) is 0 Å². The van der Waals surface area contributed by atoms with Gasteiger partial charge in [0.1, 0.15) is 0 Å². The van der Waals surface area contributed by atoms with Crippen LogP contribution in [0, 0.1) is 0 Å². The predicted molar refractivity (Wildman–Crippen MR) is 147 cm³/mol. The normalized spacial score (nSPS) is 23.6. The van der Waals surface area contributed by atoms with Crippen LogP contribution >= 0.6 is 0 Å². The molecule has 3 aliphatic rings. The number of likely N-dealkylation sites (tertiary alicyclic amines) is 1. The van der Waals surface area contributed by atoms with Gasteiger partial charge in [0.05, 0.1) is 12.6 Å². The fraction of sp³-hybridized carbons (Fsp3) is 0.767. The summed E-state index contributed by atoms with van der Waals surface area (Å²) in [6.45, 7) is 7.66. The molecule has 0 bridgehead atoms. The molecule has 0 N–H and O–H groups in total. The first kappa shape index (κ1) is 28.2. The third-order valence-corrected chi connectivity index (χ3v) is 8.25. The van der Waals surface area contributed by atoms with Gasteiger partial charge in [-0.1, -0.05) is 19.4 Å². The number of fused-ring (bicyclic) bond motifs is 1. The molecule has 7 nitrogen and oxygen atoms in total. The van der Waals surface area contributed by atoms with Crippen molar-refractivity contribution < 1.29 is 19.0 Å². The van der Waals surface area contributed by atoms with Gasteiger partial charge in [0.15, 0.2) is 11.5 Å². The lowest BCUT2D eigenvalue weighted by Crippen LogP contribution is -2.43. The van der Waals surface area contributed by atoms with Gasteiger partial charge in [-0.3, -0.25) is 9.69 Å². The Labute approximate surface area is 224 Å². The van der Waals surface area contributed by atoms with Gasteiger partial charge in [-0.25, -0.2) is 0 Å².